The van der Waals surface area contributed by atoms with Crippen LogP contribution in [0, 0.1) is 0 Å². The number of pyridine rings is 1. The third-order valence-corrected chi connectivity index (χ3v) is 7.25. The molecule has 0 unspecified atom stereocenters. The summed E-state index contributed by atoms with van der Waals surface area (Å²) in [5.41, 5.74) is 3.15. The van der Waals surface area contributed by atoms with E-state index < -0.39 is 12.0 Å². The number of carbonyl (C=O) groups excluding carboxylic acids is 2. The molecule has 0 aliphatic carbocycles. The molecule has 1 aliphatic heterocycles. The first-order chi connectivity index (χ1) is 19.9. The first-order valence-corrected chi connectivity index (χ1v) is 13.4. The van der Waals surface area contributed by atoms with Crippen LogP contribution in [0.4, 0.5) is 0 Å². The van der Waals surface area contributed by atoms with Gasteiger partial charge < -0.3 is 28.5 Å². The second-order valence-electron chi connectivity index (χ2n) is 9.58. The largest absolute Gasteiger partial charge is 0.497 e. The van der Waals surface area contributed by atoms with Crippen LogP contribution in [-0.2, 0) is 22.6 Å². The number of H-pyrrole nitrogens is 1. The Kier molecular flexibility index (Phi) is 7.11. The zero-order valence-corrected chi connectivity index (χ0v) is 23.1. The van der Waals surface area contributed by atoms with E-state index in [0.717, 1.165) is 27.9 Å². The van der Waals surface area contributed by atoms with E-state index in [4.69, 9.17) is 30.2 Å². The van der Waals surface area contributed by atoms with Gasteiger partial charge in [0.1, 0.15) is 41.2 Å². The van der Waals surface area contributed by atoms with Crippen molar-refractivity contribution in [2.75, 3.05) is 13.7 Å². The fourth-order valence-corrected chi connectivity index (χ4v) is 5.23. The number of methoxy groups -OCH3 is 1. The number of rotatable bonds is 7. The maximum absolute atomic E-state index is 14.2. The van der Waals surface area contributed by atoms with Gasteiger partial charge in [-0.05, 0) is 78.7 Å². The standard InChI is InChI=1S/C31H26ClN3O6/c1-18(36)39-17-22-10-12-27(40-22)29-28-23(25-16-21(38-2)9-11-26(25)34-28)13-15-35(29)31(37)24-4-3-14-33-30(24)41-20-7-5-19(32)6-8-20/h3-12,14,16,29,34H,13,15,17H2,1-2H3/t29-/m0/s1. The van der Waals surface area contributed by atoms with Crippen LogP contribution in [0.2, 0.25) is 5.02 Å². The van der Waals surface area contributed by atoms with Crippen molar-refractivity contribution < 1.29 is 28.2 Å². The summed E-state index contributed by atoms with van der Waals surface area (Å²) in [6.07, 6.45) is 2.19. The highest BCUT2D eigenvalue weighted by Gasteiger charge is 2.38. The maximum Gasteiger partial charge on any atom is 0.303 e. The van der Waals surface area contributed by atoms with Gasteiger partial charge in [0.25, 0.3) is 5.91 Å². The Hall–Kier alpha value is -4.76. The minimum atomic E-state index is -0.584. The molecule has 5 aromatic rings. The molecule has 6 rings (SSSR count). The summed E-state index contributed by atoms with van der Waals surface area (Å²) in [7, 11) is 1.63. The molecule has 1 amide bonds. The third-order valence-electron chi connectivity index (χ3n) is 6.99. The molecule has 10 heteroatoms. The summed E-state index contributed by atoms with van der Waals surface area (Å²) in [4.78, 5) is 35.2. The number of carbonyl (C=O) groups is 2. The van der Waals surface area contributed by atoms with Gasteiger partial charge in [0.2, 0.25) is 5.88 Å². The van der Waals surface area contributed by atoms with E-state index in [9.17, 15) is 9.59 Å². The van der Waals surface area contributed by atoms with Crippen molar-refractivity contribution in [1.29, 1.82) is 0 Å². The molecule has 1 aliphatic rings. The number of ether oxygens (including phenoxy) is 3. The lowest BCUT2D eigenvalue weighted by atomic mass is 9.95. The molecule has 1 atom stereocenters. The lowest BCUT2D eigenvalue weighted by molar-refractivity contribution is -0.142. The van der Waals surface area contributed by atoms with Gasteiger partial charge in [-0.25, -0.2) is 4.98 Å². The molecule has 0 saturated carbocycles. The Bertz CT molecular complexity index is 1740. The van der Waals surface area contributed by atoms with Crippen LogP contribution < -0.4 is 9.47 Å². The van der Waals surface area contributed by atoms with E-state index in [1.165, 1.54) is 6.92 Å². The van der Waals surface area contributed by atoms with Crippen LogP contribution >= 0.6 is 11.6 Å². The number of nitrogens with one attached hydrogen (secondary N) is 1. The average Bonchev–Trinajstić information content (AvgIpc) is 3.61. The number of aromatic nitrogens is 2. The van der Waals surface area contributed by atoms with Gasteiger partial charge in [0, 0.05) is 35.6 Å². The van der Waals surface area contributed by atoms with Gasteiger partial charge >= 0.3 is 5.97 Å². The van der Waals surface area contributed by atoms with Crippen LogP contribution in [0.15, 0.2) is 77.3 Å². The number of hydrogen-bond acceptors (Lipinski definition) is 7. The topological polar surface area (TPSA) is 107 Å². The molecule has 0 saturated heterocycles. The molecule has 0 fully saturated rings. The first kappa shape index (κ1) is 26.5. The number of amides is 1. The van der Waals surface area contributed by atoms with Crippen LogP contribution in [0.25, 0.3) is 10.9 Å². The van der Waals surface area contributed by atoms with Crippen molar-refractivity contribution in [3.63, 3.8) is 0 Å². The maximum atomic E-state index is 14.2. The van der Waals surface area contributed by atoms with Gasteiger partial charge in [-0.2, -0.15) is 0 Å². The van der Waals surface area contributed by atoms with Crippen molar-refractivity contribution in [2.24, 2.45) is 0 Å². The molecule has 0 bridgehead atoms. The van der Waals surface area contributed by atoms with Crippen molar-refractivity contribution in [2.45, 2.75) is 26.0 Å². The summed E-state index contributed by atoms with van der Waals surface area (Å²) in [6, 6.07) is 19.1. The molecule has 41 heavy (non-hydrogen) atoms. The Morgan fingerprint density at radius 2 is 1.90 bits per heavy atom. The molecule has 4 heterocycles. The number of fused-ring (bicyclic) bond motifs is 3. The summed E-state index contributed by atoms with van der Waals surface area (Å²) >= 11 is 6.02. The Labute approximate surface area is 240 Å². The van der Waals surface area contributed by atoms with Crippen molar-refractivity contribution in [1.82, 2.24) is 14.9 Å². The van der Waals surface area contributed by atoms with Crippen molar-refractivity contribution in [3.05, 3.63) is 106 Å². The summed E-state index contributed by atoms with van der Waals surface area (Å²) in [5, 5.41) is 1.60. The van der Waals surface area contributed by atoms with Gasteiger partial charge in [0.15, 0.2) is 0 Å². The van der Waals surface area contributed by atoms with E-state index >= 15 is 0 Å². The average molecular weight is 572 g/mol. The molecule has 1 N–H and O–H groups in total. The van der Waals surface area contributed by atoms with E-state index in [-0.39, 0.29) is 18.4 Å². The lowest BCUT2D eigenvalue weighted by Crippen LogP contribution is -2.40. The second kappa shape index (κ2) is 11.0. The molecule has 3 aromatic heterocycles. The minimum Gasteiger partial charge on any atom is -0.497 e. The van der Waals surface area contributed by atoms with Crippen LogP contribution in [0.3, 0.4) is 0 Å². The molecule has 0 spiro atoms. The van der Waals surface area contributed by atoms with E-state index in [0.29, 0.717) is 40.8 Å². The number of nitrogens with zero attached hydrogens (tertiary/aromatic N) is 2. The normalized spacial score (nSPS) is 14.5. The Morgan fingerprint density at radius 3 is 2.68 bits per heavy atom. The van der Waals surface area contributed by atoms with Gasteiger partial charge in [-0.1, -0.05) is 11.6 Å². The fourth-order valence-electron chi connectivity index (χ4n) is 5.10. The van der Waals surface area contributed by atoms with Gasteiger partial charge in [0.05, 0.1) is 12.8 Å². The minimum absolute atomic E-state index is 0.00551. The fraction of sp³-hybridized carbons (Fsp3) is 0.194. The van der Waals surface area contributed by atoms with E-state index in [1.807, 2.05) is 18.2 Å². The number of benzene rings is 2. The predicted octanol–water partition coefficient (Wildman–Crippen LogP) is 6.46. The molecule has 208 valence electrons. The van der Waals surface area contributed by atoms with Crippen molar-refractivity contribution >= 4 is 34.4 Å². The quantitative estimate of drug-likeness (QED) is 0.223. The Morgan fingerprint density at radius 1 is 1.10 bits per heavy atom. The van der Waals surface area contributed by atoms with Crippen LogP contribution in [0.5, 0.6) is 17.4 Å². The highest BCUT2D eigenvalue weighted by molar-refractivity contribution is 6.30. The molecule has 0 radical (unpaired) electrons. The number of halogens is 1. The predicted molar refractivity (Wildman–Crippen MR) is 151 cm³/mol. The van der Waals surface area contributed by atoms with Gasteiger partial charge in [-0.15, -0.1) is 0 Å². The van der Waals surface area contributed by atoms with Crippen LogP contribution in [-0.4, -0.2) is 40.4 Å². The number of hydrogen-bond donors (Lipinski definition) is 1. The SMILES string of the molecule is COc1ccc2[nH]c3c(c2c1)CCN(C(=O)c1cccnc1Oc1ccc(Cl)cc1)[C@H]3c1ccc(COC(C)=O)o1. The number of esters is 1. The second-order valence-corrected chi connectivity index (χ2v) is 10.0. The van der Waals surface area contributed by atoms with Crippen LogP contribution in [0.1, 0.15) is 46.1 Å². The number of furan rings is 1. The molecule has 2 aromatic carbocycles. The molecule has 9 nitrogen and oxygen atoms in total. The lowest BCUT2D eigenvalue weighted by Gasteiger charge is -2.35. The summed E-state index contributed by atoms with van der Waals surface area (Å²) in [6.45, 7) is 1.75. The summed E-state index contributed by atoms with van der Waals surface area (Å²) < 4.78 is 22.7. The monoisotopic (exact) mass is 571 g/mol. The zero-order chi connectivity index (χ0) is 28.5. The smallest absolute Gasteiger partial charge is 0.303 e. The zero-order valence-electron chi connectivity index (χ0n) is 22.3. The number of aromatic amines is 1. The first-order valence-electron chi connectivity index (χ1n) is 13.0. The van der Waals surface area contributed by atoms with Gasteiger partial charge in [-0.3, -0.25) is 9.59 Å². The third kappa shape index (κ3) is 5.24. The van der Waals surface area contributed by atoms with Crippen molar-refractivity contribution in [3.8, 4) is 17.4 Å². The van der Waals surface area contributed by atoms with E-state index in [2.05, 4.69) is 9.97 Å². The molecular formula is C31H26ClN3O6. The highest BCUT2D eigenvalue weighted by atomic mass is 35.5. The molecular weight excluding hydrogens is 546 g/mol. The highest BCUT2D eigenvalue weighted by Crippen LogP contribution is 2.41. The Balaban J connectivity index is 1.41. The van der Waals surface area contributed by atoms with E-state index in [1.54, 1.807) is 66.7 Å². The summed E-state index contributed by atoms with van der Waals surface area (Å²) in [5.74, 6) is 1.76.